The van der Waals surface area contributed by atoms with Gasteiger partial charge in [0.05, 0.1) is 6.54 Å². The number of amides is 1. The fraction of sp³-hybridized carbons (Fsp3) is 0.562. The lowest BCUT2D eigenvalue weighted by atomic mass is 9.97. The number of nitrogens with one attached hydrogen (secondary N) is 1. The van der Waals surface area contributed by atoms with Crippen LogP contribution in [0.2, 0.25) is 0 Å². The Labute approximate surface area is 121 Å². The minimum Gasteiger partial charge on any atom is -0.330 e. The molecule has 3 N–H and O–H groups in total. The fourth-order valence-electron chi connectivity index (χ4n) is 2.60. The number of piperidine rings is 1. The van der Waals surface area contributed by atoms with Crippen LogP contribution in [0.25, 0.3) is 0 Å². The Bertz CT molecular complexity index is 465. The van der Waals surface area contributed by atoms with Crippen molar-refractivity contribution in [2.75, 3.05) is 31.5 Å². The van der Waals surface area contributed by atoms with Gasteiger partial charge in [0.25, 0.3) is 0 Å². The normalized spacial score (nSPS) is 17.1. The van der Waals surface area contributed by atoms with E-state index in [-0.39, 0.29) is 5.91 Å². The van der Waals surface area contributed by atoms with Crippen molar-refractivity contribution in [1.29, 1.82) is 0 Å². The number of benzene rings is 1. The highest BCUT2D eigenvalue weighted by molar-refractivity contribution is 5.92. The largest absolute Gasteiger partial charge is 0.330 e. The van der Waals surface area contributed by atoms with Gasteiger partial charge in [-0.15, -0.1) is 0 Å². The summed E-state index contributed by atoms with van der Waals surface area (Å²) in [6, 6.07) is 6.02. The molecule has 110 valence electrons. The van der Waals surface area contributed by atoms with Gasteiger partial charge in [0.2, 0.25) is 5.91 Å². The van der Waals surface area contributed by atoms with E-state index in [1.807, 2.05) is 18.2 Å². The van der Waals surface area contributed by atoms with E-state index in [2.05, 4.69) is 24.1 Å². The second-order valence-electron chi connectivity index (χ2n) is 5.80. The molecule has 0 radical (unpaired) electrons. The predicted octanol–water partition coefficient (Wildman–Crippen LogP) is 1.91. The summed E-state index contributed by atoms with van der Waals surface area (Å²) in [4.78, 5) is 14.3. The van der Waals surface area contributed by atoms with Gasteiger partial charge in [-0.05, 0) is 75.5 Å². The number of anilines is 1. The van der Waals surface area contributed by atoms with E-state index in [1.165, 1.54) is 11.1 Å². The highest BCUT2D eigenvalue weighted by Gasteiger charge is 2.19. The molecule has 1 heterocycles. The van der Waals surface area contributed by atoms with Crippen LogP contribution in [0, 0.1) is 19.8 Å². The van der Waals surface area contributed by atoms with Gasteiger partial charge in [-0.1, -0.05) is 6.07 Å². The van der Waals surface area contributed by atoms with Crippen LogP contribution in [0.1, 0.15) is 24.0 Å². The second-order valence-corrected chi connectivity index (χ2v) is 5.80. The van der Waals surface area contributed by atoms with Crippen molar-refractivity contribution in [1.82, 2.24) is 4.90 Å². The molecule has 4 heteroatoms. The van der Waals surface area contributed by atoms with Crippen molar-refractivity contribution in [3.63, 3.8) is 0 Å². The number of aryl methyl sites for hydroxylation is 2. The van der Waals surface area contributed by atoms with Crippen molar-refractivity contribution >= 4 is 11.6 Å². The van der Waals surface area contributed by atoms with Gasteiger partial charge in [-0.3, -0.25) is 9.69 Å². The highest BCUT2D eigenvalue weighted by Crippen LogP contribution is 2.16. The third-order valence-corrected chi connectivity index (χ3v) is 4.20. The van der Waals surface area contributed by atoms with Crippen molar-refractivity contribution in [2.24, 2.45) is 11.7 Å². The van der Waals surface area contributed by atoms with Crippen LogP contribution in [-0.4, -0.2) is 37.0 Å². The zero-order valence-electron chi connectivity index (χ0n) is 12.5. The first-order chi connectivity index (χ1) is 9.58. The Morgan fingerprint density at radius 2 is 2.00 bits per heavy atom. The molecule has 1 amide bonds. The molecule has 1 saturated heterocycles. The third-order valence-electron chi connectivity index (χ3n) is 4.20. The third kappa shape index (κ3) is 4.05. The molecule has 2 rings (SSSR count). The predicted molar refractivity (Wildman–Crippen MR) is 82.8 cm³/mol. The Kier molecular flexibility index (Phi) is 5.15. The lowest BCUT2D eigenvalue weighted by molar-refractivity contribution is -0.117. The van der Waals surface area contributed by atoms with E-state index in [9.17, 15) is 4.79 Å². The van der Waals surface area contributed by atoms with Crippen LogP contribution in [0.4, 0.5) is 5.69 Å². The summed E-state index contributed by atoms with van der Waals surface area (Å²) >= 11 is 0. The van der Waals surface area contributed by atoms with E-state index in [4.69, 9.17) is 5.73 Å². The van der Waals surface area contributed by atoms with Gasteiger partial charge in [0.1, 0.15) is 0 Å². The number of carbonyl (C=O) groups excluding carboxylic acids is 1. The average Bonchev–Trinajstić information content (AvgIpc) is 2.44. The lowest BCUT2D eigenvalue weighted by Gasteiger charge is -2.30. The maximum absolute atomic E-state index is 12.1. The Morgan fingerprint density at radius 1 is 1.30 bits per heavy atom. The minimum atomic E-state index is 0.0689. The van der Waals surface area contributed by atoms with Crippen molar-refractivity contribution in [3.8, 4) is 0 Å². The van der Waals surface area contributed by atoms with E-state index in [0.29, 0.717) is 12.5 Å². The van der Waals surface area contributed by atoms with E-state index in [1.54, 1.807) is 0 Å². The van der Waals surface area contributed by atoms with Gasteiger partial charge in [-0.2, -0.15) is 0 Å². The monoisotopic (exact) mass is 275 g/mol. The van der Waals surface area contributed by atoms with Gasteiger partial charge >= 0.3 is 0 Å². The molecular weight excluding hydrogens is 250 g/mol. The van der Waals surface area contributed by atoms with Crippen molar-refractivity contribution in [3.05, 3.63) is 29.3 Å². The summed E-state index contributed by atoms with van der Waals surface area (Å²) in [7, 11) is 0. The molecule has 1 fully saturated rings. The molecule has 0 aliphatic carbocycles. The second kappa shape index (κ2) is 6.86. The number of nitrogens with zero attached hydrogens (tertiary/aromatic N) is 1. The fourth-order valence-corrected chi connectivity index (χ4v) is 2.60. The molecule has 4 nitrogen and oxygen atoms in total. The highest BCUT2D eigenvalue weighted by atomic mass is 16.2. The molecule has 0 bridgehead atoms. The molecule has 1 aliphatic heterocycles. The summed E-state index contributed by atoms with van der Waals surface area (Å²) in [6.45, 7) is 7.32. The van der Waals surface area contributed by atoms with Crippen molar-refractivity contribution in [2.45, 2.75) is 26.7 Å². The quantitative estimate of drug-likeness (QED) is 0.882. The summed E-state index contributed by atoms with van der Waals surface area (Å²) < 4.78 is 0. The molecule has 0 atom stereocenters. The van der Waals surface area contributed by atoms with Gasteiger partial charge in [0, 0.05) is 5.69 Å². The Balaban J connectivity index is 1.82. The minimum absolute atomic E-state index is 0.0689. The zero-order valence-corrected chi connectivity index (χ0v) is 12.5. The maximum atomic E-state index is 12.1. The first-order valence-corrected chi connectivity index (χ1v) is 7.38. The molecule has 0 spiro atoms. The van der Waals surface area contributed by atoms with Crippen LogP contribution < -0.4 is 11.1 Å². The van der Waals surface area contributed by atoms with Crippen LogP contribution in [0.15, 0.2) is 18.2 Å². The topological polar surface area (TPSA) is 58.4 Å². The molecule has 0 unspecified atom stereocenters. The van der Waals surface area contributed by atoms with Gasteiger partial charge in [-0.25, -0.2) is 0 Å². The lowest BCUT2D eigenvalue weighted by Crippen LogP contribution is -2.40. The average molecular weight is 275 g/mol. The first kappa shape index (κ1) is 15.0. The molecule has 1 aromatic carbocycles. The SMILES string of the molecule is Cc1ccc(NC(=O)CN2CCC(CN)CC2)cc1C. The molecular formula is C16H25N3O. The number of carbonyl (C=O) groups is 1. The van der Waals surface area contributed by atoms with Gasteiger partial charge < -0.3 is 11.1 Å². The standard InChI is InChI=1S/C16H25N3O/c1-12-3-4-15(9-13(12)2)18-16(20)11-19-7-5-14(10-17)6-8-19/h3-4,9,14H,5-8,10-11,17H2,1-2H3,(H,18,20). The van der Waals surface area contributed by atoms with Gasteiger partial charge in [0.15, 0.2) is 0 Å². The van der Waals surface area contributed by atoms with Crippen molar-refractivity contribution < 1.29 is 4.79 Å². The Hall–Kier alpha value is -1.39. The number of hydrogen-bond acceptors (Lipinski definition) is 3. The van der Waals surface area contributed by atoms with E-state index >= 15 is 0 Å². The first-order valence-electron chi connectivity index (χ1n) is 7.38. The molecule has 0 aromatic heterocycles. The molecule has 20 heavy (non-hydrogen) atoms. The van der Waals surface area contributed by atoms with E-state index in [0.717, 1.165) is 38.2 Å². The molecule has 1 aromatic rings. The van der Waals surface area contributed by atoms with Crippen LogP contribution >= 0.6 is 0 Å². The summed E-state index contributed by atoms with van der Waals surface area (Å²) in [6.07, 6.45) is 2.21. The summed E-state index contributed by atoms with van der Waals surface area (Å²) in [5.74, 6) is 0.702. The summed E-state index contributed by atoms with van der Waals surface area (Å²) in [5.41, 5.74) is 9.01. The number of likely N-dealkylation sites (tertiary alicyclic amines) is 1. The molecule has 0 saturated carbocycles. The van der Waals surface area contributed by atoms with Crippen LogP contribution in [0.5, 0.6) is 0 Å². The van der Waals surface area contributed by atoms with Crippen LogP contribution in [-0.2, 0) is 4.79 Å². The zero-order chi connectivity index (χ0) is 14.5. The number of rotatable bonds is 4. The van der Waals surface area contributed by atoms with E-state index < -0.39 is 0 Å². The maximum Gasteiger partial charge on any atom is 0.238 e. The smallest absolute Gasteiger partial charge is 0.238 e. The van der Waals surface area contributed by atoms with Crippen LogP contribution in [0.3, 0.4) is 0 Å². The molecule has 1 aliphatic rings. The summed E-state index contributed by atoms with van der Waals surface area (Å²) in [5, 5.41) is 2.98. The Morgan fingerprint density at radius 3 is 2.60 bits per heavy atom. The number of nitrogens with two attached hydrogens (primary N) is 1. The number of hydrogen-bond donors (Lipinski definition) is 2.